The molecule has 0 bridgehead atoms. The average Bonchev–Trinajstić information content (AvgIpc) is 3.17. The van der Waals surface area contributed by atoms with Crippen molar-refractivity contribution in [2.75, 3.05) is 32.7 Å². The zero-order chi connectivity index (χ0) is 28.2. The monoisotopic (exact) mass is 535 g/mol. The lowest BCUT2D eigenvalue weighted by Gasteiger charge is -2.32. The standard InChI is InChI=1S/C23H33F2N3O2.C6H4F2/c1-15-8-9-26(10-11-28(15)16(2)29)22(30)20-14-27(23(3,4)5)13-19(20)18-7-6-17(24)12-21(18)25;7-5-2-1-3-6(8)4-5/h6-7,12,15,19-20H,8-11,13-14H2,1-5H3;1-4H/t15?,19-,20+;/m0./s1. The molecule has 0 aromatic heterocycles. The minimum atomic E-state index is -0.615. The summed E-state index contributed by atoms with van der Waals surface area (Å²) in [5, 5.41) is 0. The van der Waals surface area contributed by atoms with E-state index in [0.717, 1.165) is 18.6 Å². The number of hydrogen-bond donors (Lipinski definition) is 0. The molecule has 38 heavy (non-hydrogen) atoms. The van der Waals surface area contributed by atoms with Gasteiger partial charge in [0.25, 0.3) is 0 Å². The highest BCUT2D eigenvalue weighted by Gasteiger charge is 2.44. The lowest BCUT2D eigenvalue weighted by Crippen LogP contribution is -2.43. The van der Waals surface area contributed by atoms with Gasteiger partial charge in [0.2, 0.25) is 11.8 Å². The molecule has 2 aliphatic heterocycles. The fraction of sp³-hybridized carbons (Fsp3) is 0.517. The van der Waals surface area contributed by atoms with Crippen LogP contribution in [-0.4, -0.2) is 70.8 Å². The number of likely N-dealkylation sites (tertiary alicyclic amines) is 1. The predicted octanol–water partition coefficient (Wildman–Crippen LogP) is 5.21. The van der Waals surface area contributed by atoms with Crippen LogP contribution >= 0.6 is 0 Å². The van der Waals surface area contributed by atoms with Crippen LogP contribution in [-0.2, 0) is 9.59 Å². The van der Waals surface area contributed by atoms with Gasteiger partial charge in [0.1, 0.15) is 23.3 Å². The molecule has 0 aliphatic carbocycles. The van der Waals surface area contributed by atoms with E-state index in [4.69, 9.17) is 0 Å². The molecule has 2 saturated heterocycles. The van der Waals surface area contributed by atoms with Gasteiger partial charge in [-0.3, -0.25) is 14.5 Å². The summed E-state index contributed by atoms with van der Waals surface area (Å²) in [6.45, 7) is 12.4. The SMILES string of the molecule is CC(=O)N1CCN(C(=O)[C@@H]2CN(C(C)(C)C)C[C@H]2c2ccc(F)cc2F)CCC1C.Fc1cccc(F)c1. The number of amides is 2. The van der Waals surface area contributed by atoms with Crippen molar-refractivity contribution in [3.05, 3.63) is 71.3 Å². The van der Waals surface area contributed by atoms with Crippen LogP contribution in [0.25, 0.3) is 0 Å². The summed E-state index contributed by atoms with van der Waals surface area (Å²) in [6, 6.07) is 8.27. The molecule has 3 atom stereocenters. The molecule has 0 spiro atoms. The molecule has 2 fully saturated rings. The van der Waals surface area contributed by atoms with Crippen molar-refractivity contribution < 1.29 is 27.2 Å². The summed E-state index contributed by atoms with van der Waals surface area (Å²) in [5.41, 5.74) is 0.234. The minimum absolute atomic E-state index is 0.00641. The molecule has 2 aliphatic rings. The molecule has 5 nitrogen and oxygen atoms in total. The number of nitrogens with zero attached hydrogens (tertiary/aromatic N) is 3. The first-order valence-electron chi connectivity index (χ1n) is 12.9. The molecule has 2 aromatic rings. The van der Waals surface area contributed by atoms with E-state index >= 15 is 0 Å². The Morgan fingerprint density at radius 3 is 2.03 bits per heavy atom. The van der Waals surface area contributed by atoms with Crippen molar-refractivity contribution in [2.45, 2.75) is 58.5 Å². The summed E-state index contributed by atoms with van der Waals surface area (Å²) >= 11 is 0. The van der Waals surface area contributed by atoms with E-state index in [-0.39, 0.29) is 29.3 Å². The van der Waals surface area contributed by atoms with Gasteiger partial charge in [-0.2, -0.15) is 0 Å². The maximum atomic E-state index is 14.6. The smallest absolute Gasteiger partial charge is 0.227 e. The first-order valence-corrected chi connectivity index (χ1v) is 12.9. The fourth-order valence-electron chi connectivity index (χ4n) is 5.16. The highest BCUT2D eigenvalue weighted by atomic mass is 19.1. The van der Waals surface area contributed by atoms with Gasteiger partial charge in [0.05, 0.1) is 5.92 Å². The summed E-state index contributed by atoms with van der Waals surface area (Å²) < 4.78 is 52.0. The normalized spacial score (nSPS) is 22.5. The highest BCUT2D eigenvalue weighted by molar-refractivity contribution is 5.81. The Morgan fingerprint density at radius 1 is 0.868 bits per heavy atom. The maximum Gasteiger partial charge on any atom is 0.227 e. The Morgan fingerprint density at radius 2 is 1.50 bits per heavy atom. The Hall–Kier alpha value is -2.94. The number of carbonyl (C=O) groups is 2. The second-order valence-corrected chi connectivity index (χ2v) is 11.1. The van der Waals surface area contributed by atoms with E-state index in [2.05, 4.69) is 25.7 Å². The maximum absolute atomic E-state index is 14.6. The van der Waals surface area contributed by atoms with Crippen molar-refractivity contribution in [1.82, 2.24) is 14.7 Å². The molecule has 2 heterocycles. The van der Waals surface area contributed by atoms with E-state index in [1.165, 1.54) is 30.3 Å². The first kappa shape index (κ1) is 29.6. The lowest BCUT2D eigenvalue weighted by atomic mass is 9.87. The van der Waals surface area contributed by atoms with Crippen molar-refractivity contribution in [3.8, 4) is 0 Å². The van der Waals surface area contributed by atoms with Gasteiger partial charge < -0.3 is 9.80 Å². The van der Waals surface area contributed by atoms with Crippen molar-refractivity contribution in [1.29, 1.82) is 0 Å². The third kappa shape index (κ3) is 7.34. The van der Waals surface area contributed by atoms with Crippen LogP contribution in [0, 0.1) is 29.2 Å². The van der Waals surface area contributed by atoms with Crippen molar-refractivity contribution >= 4 is 11.8 Å². The highest BCUT2D eigenvalue weighted by Crippen LogP contribution is 2.38. The third-order valence-electron chi connectivity index (χ3n) is 7.41. The summed E-state index contributed by atoms with van der Waals surface area (Å²) in [5.74, 6) is -3.01. The van der Waals surface area contributed by atoms with Gasteiger partial charge in [0.15, 0.2) is 0 Å². The van der Waals surface area contributed by atoms with Crippen LogP contribution in [0.4, 0.5) is 17.6 Å². The molecule has 2 amide bonds. The average molecular weight is 536 g/mol. The molecular formula is C29H37F4N3O2. The van der Waals surface area contributed by atoms with E-state index in [0.29, 0.717) is 38.3 Å². The van der Waals surface area contributed by atoms with Crippen LogP contribution in [0.2, 0.25) is 0 Å². The number of benzene rings is 2. The van der Waals surface area contributed by atoms with Gasteiger partial charge in [-0.25, -0.2) is 17.6 Å². The molecule has 9 heteroatoms. The molecule has 208 valence electrons. The number of carbonyl (C=O) groups excluding carboxylic acids is 2. The van der Waals surface area contributed by atoms with E-state index < -0.39 is 29.2 Å². The van der Waals surface area contributed by atoms with E-state index in [1.807, 2.05) is 11.8 Å². The molecule has 1 unspecified atom stereocenters. The zero-order valence-electron chi connectivity index (χ0n) is 22.7. The van der Waals surface area contributed by atoms with Crippen LogP contribution in [0.5, 0.6) is 0 Å². The van der Waals surface area contributed by atoms with Gasteiger partial charge >= 0.3 is 0 Å². The van der Waals surface area contributed by atoms with Crippen molar-refractivity contribution in [3.63, 3.8) is 0 Å². The van der Waals surface area contributed by atoms with Gasteiger partial charge in [-0.05, 0) is 57.9 Å². The van der Waals surface area contributed by atoms with Crippen LogP contribution in [0.3, 0.4) is 0 Å². The lowest BCUT2D eigenvalue weighted by molar-refractivity contribution is -0.136. The minimum Gasteiger partial charge on any atom is -0.341 e. The quantitative estimate of drug-likeness (QED) is 0.496. The molecule has 0 saturated carbocycles. The second-order valence-electron chi connectivity index (χ2n) is 11.1. The molecule has 2 aromatic carbocycles. The van der Waals surface area contributed by atoms with Gasteiger partial charge in [0, 0.05) is 69.3 Å². The van der Waals surface area contributed by atoms with Gasteiger partial charge in [-0.1, -0.05) is 12.1 Å². The largest absolute Gasteiger partial charge is 0.341 e. The molecule has 0 radical (unpaired) electrons. The second kappa shape index (κ2) is 12.3. The fourth-order valence-corrected chi connectivity index (χ4v) is 5.16. The van der Waals surface area contributed by atoms with Gasteiger partial charge in [-0.15, -0.1) is 0 Å². The topological polar surface area (TPSA) is 43.9 Å². The summed E-state index contributed by atoms with van der Waals surface area (Å²) in [7, 11) is 0. The molecular weight excluding hydrogens is 498 g/mol. The third-order valence-corrected chi connectivity index (χ3v) is 7.41. The number of hydrogen-bond acceptors (Lipinski definition) is 3. The zero-order valence-corrected chi connectivity index (χ0v) is 22.7. The molecule has 0 N–H and O–H groups in total. The predicted molar refractivity (Wildman–Crippen MR) is 138 cm³/mol. The van der Waals surface area contributed by atoms with Crippen molar-refractivity contribution in [2.24, 2.45) is 5.92 Å². The summed E-state index contributed by atoms with van der Waals surface area (Å²) in [4.78, 5) is 31.3. The first-order chi connectivity index (χ1) is 17.8. The Labute approximate surface area is 222 Å². The summed E-state index contributed by atoms with van der Waals surface area (Å²) in [6.07, 6.45) is 0.719. The molecule has 4 rings (SSSR count). The van der Waals surface area contributed by atoms with E-state index in [9.17, 15) is 27.2 Å². The Bertz CT molecular complexity index is 1120. The number of halogens is 4. The Kier molecular flexibility index (Phi) is 9.57. The van der Waals surface area contributed by atoms with Crippen LogP contribution in [0.15, 0.2) is 42.5 Å². The number of rotatable bonds is 2. The Balaban J connectivity index is 0.000000427. The van der Waals surface area contributed by atoms with E-state index in [1.54, 1.807) is 11.8 Å². The van der Waals surface area contributed by atoms with Crippen LogP contribution in [0.1, 0.15) is 52.5 Å². The van der Waals surface area contributed by atoms with Crippen LogP contribution < -0.4 is 0 Å².